The van der Waals surface area contributed by atoms with Crippen LogP contribution in [-0.2, 0) is 15.0 Å². The van der Waals surface area contributed by atoms with Crippen LogP contribution in [0.1, 0.15) is 29.7 Å². The summed E-state index contributed by atoms with van der Waals surface area (Å²) in [4.78, 5) is 27.4. The topological polar surface area (TPSA) is 57.6 Å². The van der Waals surface area contributed by atoms with Crippen molar-refractivity contribution in [1.82, 2.24) is 4.90 Å². The van der Waals surface area contributed by atoms with Crippen molar-refractivity contribution in [3.8, 4) is 0 Å². The molecular weight excluding hydrogens is 310 g/mol. The van der Waals surface area contributed by atoms with Gasteiger partial charge in [0.05, 0.1) is 5.92 Å². The third kappa shape index (κ3) is 2.77. The summed E-state index contributed by atoms with van der Waals surface area (Å²) >= 11 is 1.56. The van der Waals surface area contributed by atoms with Gasteiger partial charge in [0.25, 0.3) is 0 Å². The molecule has 0 radical (unpaired) electrons. The first kappa shape index (κ1) is 15.7. The molecule has 1 amide bonds. The van der Waals surface area contributed by atoms with Gasteiger partial charge in [0, 0.05) is 18.0 Å². The zero-order valence-electron chi connectivity index (χ0n) is 12.9. The number of carboxylic acids is 1. The van der Waals surface area contributed by atoms with Crippen LogP contribution in [0.2, 0.25) is 0 Å². The Bertz CT molecular complexity index is 698. The number of likely N-dealkylation sites (tertiary alicyclic amines) is 1. The van der Waals surface area contributed by atoms with Crippen LogP contribution in [0, 0.1) is 0 Å². The van der Waals surface area contributed by atoms with Crippen LogP contribution < -0.4 is 0 Å². The molecule has 1 N–H and O–H groups in total. The van der Waals surface area contributed by atoms with Gasteiger partial charge < -0.3 is 10.0 Å². The minimum Gasteiger partial charge on any atom is -0.481 e. The molecule has 3 rings (SSSR count). The smallest absolute Gasteiger partial charge is 0.316 e. The number of amides is 1. The maximum atomic E-state index is 12.7. The third-order valence-corrected chi connectivity index (χ3v) is 5.71. The lowest BCUT2D eigenvalue weighted by molar-refractivity contribution is -0.143. The zero-order valence-corrected chi connectivity index (χ0v) is 13.8. The third-order valence-electron chi connectivity index (χ3n) is 4.66. The first-order valence-electron chi connectivity index (χ1n) is 7.66. The molecule has 120 valence electrons. The maximum absolute atomic E-state index is 12.7. The van der Waals surface area contributed by atoms with E-state index in [1.165, 1.54) is 0 Å². The second-order valence-corrected chi connectivity index (χ2v) is 6.98. The van der Waals surface area contributed by atoms with E-state index in [-0.39, 0.29) is 18.4 Å². The lowest BCUT2D eigenvalue weighted by Crippen LogP contribution is -2.41. The van der Waals surface area contributed by atoms with Gasteiger partial charge in [0.1, 0.15) is 5.41 Å². The largest absolute Gasteiger partial charge is 0.481 e. The number of rotatable bonds is 4. The average Bonchev–Trinajstić information content (AvgIpc) is 3.24. The number of carboxylic acid groups (broad SMARTS) is 1. The molecule has 1 saturated heterocycles. The Labute approximate surface area is 139 Å². The number of hydrogen-bond acceptors (Lipinski definition) is 3. The Hall–Kier alpha value is -2.14. The molecule has 4 nitrogen and oxygen atoms in total. The predicted octanol–water partition coefficient (Wildman–Crippen LogP) is 3.11. The van der Waals surface area contributed by atoms with E-state index in [0.717, 1.165) is 10.4 Å². The predicted molar refractivity (Wildman–Crippen MR) is 89.7 cm³/mol. The van der Waals surface area contributed by atoms with E-state index in [1.807, 2.05) is 54.8 Å². The van der Waals surface area contributed by atoms with Crippen LogP contribution in [0.3, 0.4) is 0 Å². The van der Waals surface area contributed by atoms with Gasteiger partial charge in [-0.25, -0.2) is 0 Å². The first-order chi connectivity index (χ1) is 11.0. The van der Waals surface area contributed by atoms with Crippen molar-refractivity contribution in [2.24, 2.45) is 0 Å². The van der Waals surface area contributed by atoms with Crippen molar-refractivity contribution < 1.29 is 14.7 Å². The van der Waals surface area contributed by atoms with E-state index in [0.29, 0.717) is 13.0 Å². The molecule has 1 aromatic heterocycles. The number of thiophene rings is 1. The van der Waals surface area contributed by atoms with Crippen LogP contribution in [0.15, 0.2) is 47.8 Å². The molecule has 2 aromatic rings. The fourth-order valence-corrected chi connectivity index (χ4v) is 4.00. The molecule has 2 unspecified atom stereocenters. The lowest BCUT2D eigenvalue weighted by atomic mass is 9.80. The Balaban J connectivity index is 1.83. The zero-order chi connectivity index (χ0) is 16.4. The standard InChI is InChI=1S/C18H19NO3S/c1-13(15-8-5-11-23-15)16(20)19-10-9-18(12-19,17(21)22)14-6-3-2-4-7-14/h2-8,11,13H,9-10,12H2,1H3,(H,21,22). The van der Waals surface area contributed by atoms with Crippen molar-refractivity contribution in [2.75, 3.05) is 13.1 Å². The van der Waals surface area contributed by atoms with Gasteiger partial charge >= 0.3 is 5.97 Å². The normalized spacial score (nSPS) is 22.0. The van der Waals surface area contributed by atoms with Crippen LogP contribution in [0.4, 0.5) is 0 Å². The number of benzene rings is 1. The first-order valence-corrected chi connectivity index (χ1v) is 8.54. The molecule has 1 aliphatic rings. The van der Waals surface area contributed by atoms with Gasteiger partial charge in [-0.3, -0.25) is 9.59 Å². The molecule has 0 bridgehead atoms. The molecule has 0 spiro atoms. The van der Waals surface area contributed by atoms with E-state index >= 15 is 0 Å². The van der Waals surface area contributed by atoms with E-state index in [1.54, 1.807) is 16.2 Å². The number of nitrogens with zero attached hydrogens (tertiary/aromatic N) is 1. The molecule has 2 atom stereocenters. The molecule has 1 fully saturated rings. The minimum absolute atomic E-state index is 0.00602. The second-order valence-electron chi connectivity index (χ2n) is 6.00. The highest BCUT2D eigenvalue weighted by atomic mass is 32.1. The molecule has 5 heteroatoms. The lowest BCUT2D eigenvalue weighted by Gasteiger charge is -2.26. The van der Waals surface area contributed by atoms with Crippen LogP contribution in [-0.4, -0.2) is 35.0 Å². The number of hydrogen-bond donors (Lipinski definition) is 1. The van der Waals surface area contributed by atoms with E-state index < -0.39 is 11.4 Å². The SMILES string of the molecule is CC(C(=O)N1CCC(C(=O)O)(c2ccccc2)C1)c1cccs1. The minimum atomic E-state index is -0.994. The van der Waals surface area contributed by atoms with Crippen molar-refractivity contribution in [1.29, 1.82) is 0 Å². The van der Waals surface area contributed by atoms with Crippen LogP contribution in [0.25, 0.3) is 0 Å². The fourth-order valence-electron chi connectivity index (χ4n) is 3.22. The van der Waals surface area contributed by atoms with Crippen molar-refractivity contribution in [2.45, 2.75) is 24.7 Å². The number of carbonyl (C=O) groups is 2. The van der Waals surface area contributed by atoms with E-state index in [2.05, 4.69) is 0 Å². The maximum Gasteiger partial charge on any atom is 0.316 e. The fraction of sp³-hybridized carbons (Fsp3) is 0.333. The molecule has 1 aromatic carbocycles. The Morgan fingerprint density at radius 2 is 1.96 bits per heavy atom. The van der Waals surface area contributed by atoms with Gasteiger partial charge in [-0.2, -0.15) is 0 Å². The van der Waals surface area contributed by atoms with Crippen LogP contribution >= 0.6 is 11.3 Å². The van der Waals surface area contributed by atoms with Gasteiger partial charge in [-0.1, -0.05) is 36.4 Å². The summed E-state index contributed by atoms with van der Waals surface area (Å²) in [5, 5.41) is 11.8. The molecule has 23 heavy (non-hydrogen) atoms. The van der Waals surface area contributed by atoms with Crippen molar-refractivity contribution in [3.63, 3.8) is 0 Å². The molecule has 2 heterocycles. The summed E-state index contributed by atoms with van der Waals surface area (Å²) in [5.41, 5.74) is -0.224. The average molecular weight is 329 g/mol. The summed E-state index contributed by atoms with van der Waals surface area (Å²) in [5.74, 6) is -1.08. The Kier molecular flexibility index (Phi) is 4.22. The van der Waals surface area contributed by atoms with Crippen molar-refractivity contribution >= 4 is 23.2 Å². The highest BCUT2D eigenvalue weighted by molar-refractivity contribution is 7.10. The summed E-state index contributed by atoms with van der Waals surface area (Å²) < 4.78 is 0. The monoisotopic (exact) mass is 329 g/mol. The van der Waals surface area contributed by atoms with Gasteiger partial charge in [-0.15, -0.1) is 11.3 Å². The Morgan fingerprint density at radius 3 is 2.57 bits per heavy atom. The Morgan fingerprint density at radius 1 is 1.22 bits per heavy atom. The highest BCUT2D eigenvalue weighted by Gasteiger charge is 2.48. The summed E-state index contributed by atoms with van der Waals surface area (Å²) in [7, 11) is 0. The number of aliphatic carboxylic acids is 1. The summed E-state index contributed by atoms with van der Waals surface area (Å²) in [6.07, 6.45) is 0.454. The summed E-state index contributed by atoms with van der Waals surface area (Å²) in [6.45, 7) is 2.61. The van der Waals surface area contributed by atoms with E-state index in [9.17, 15) is 14.7 Å². The second kappa shape index (κ2) is 6.16. The van der Waals surface area contributed by atoms with Gasteiger partial charge in [0.2, 0.25) is 5.91 Å². The number of carbonyl (C=O) groups excluding carboxylic acids is 1. The quantitative estimate of drug-likeness (QED) is 0.938. The van der Waals surface area contributed by atoms with E-state index in [4.69, 9.17) is 0 Å². The van der Waals surface area contributed by atoms with Crippen LogP contribution in [0.5, 0.6) is 0 Å². The highest BCUT2D eigenvalue weighted by Crippen LogP contribution is 2.36. The molecule has 0 saturated carbocycles. The van der Waals surface area contributed by atoms with Gasteiger partial charge in [-0.05, 0) is 30.4 Å². The molecule has 0 aliphatic carbocycles. The van der Waals surface area contributed by atoms with Gasteiger partial charge in [0.15, 0.2) is 0 Å². The van der Waals surface area contributed by atoms with Crippen molar-refractivity contribution in [3.05, 3.63) is 58.3 Å². The summed E-state index contributed by atoms with van der Waals surface area (Å²) in [6, 6.07) is 13.1. The molecule has 1 aliphatic heterocycles. The molecular formula is C18H19NO3S.